The van der Waals surface area contributed by atoms with Gasteiger partial charge in [0.1, 0.15) is 11.4 Å². The molecular formula is C16H22N2O. The van der Waals surface area contributed by atoms with Gasteiger partial charge in [-0.25, -0.2) is 0 Å². The summed E-state index contributed by atoms with van der Waals surface area (Å²) in [6.45, 7) is 8.80. The van der Waals surface area contributed by atoms with Crippen molar-refractivity contribution >= 4 is 0 Å². The van der Waals surface area contributed by atoms with Crippen LogP contribution in [-0.2, 0) is 0 Å². The number of nitrogens with one attached hydrogen (secondary N) is 1. The van der Waals surface area contributed by atoms with Crippen molar-refractivity contribution in [2.75, 3.05) is 6.54 Å². The van der Waals surface area contributed by atoms with E-state index in [9.17, 15) is 0 Å². The van der Waals surface area contributed by atoms with Crippen LogP contribution in [0.4, 0.5) is 0 Å². The fourth-order valence-corrected chi connectivity index (χ4v) is 2.40. The Labute approximate surface area is 115 Å². The summed E-state index contributed by atoms with van der Waals surface area (Å²) in [4.78, 5) is 0. The smallest absolute Gasteiger partial charge is 0.124 e. The minimum Gasteiger partial charge on any atom is -0.487 e. The molecule has 1 aliphatic heterocycles. The van der Waals surface area contributed by atoms with Crippen molar-refractivity contribution in [3.05, 3.63) is 29.8 Å². The lowest BCUT2D eigenvalue weighted by Gasteiger charge is -2.38. The molecule has 1 heterocycles. The number of para-hydroxylation sites is 1. The third-order valence-corrected chi connectivity index (χ3v) is 3.47. The van der Waals surface area contributed by atoms with Gasteiger partial charge in [0, 0.05) is 24.6 Å². The Morgan fingerprint density at radius 1 is 1.42 bits per heavy atom. The van der Waals surface area contributed by atoms with Crippen LogP contribution in [-0.4, -0.2) is 12.1 Å². The highest BCUT2D eigenvalue weighted by atomic mass is 16.5. The van der Waals surface area contributed by atoms with Crippen molar-refractivity contribution in [1.82, 2.24) is 5.32 Å². The van der Waals surface area contributed by atoms with Gasteiger partial charge in [-0.2, -0.15) is 5.26 Å². The van der Waals surface area contributed by atoms with Crippen molar-refractivity contribution < 1.29 is 4.74 Å². The number of hydrogen-bond acceptors (Lipinski definition) is 3. The maximum Gasteiger partial charge on any atom is 0.124 e. The molecule has 2 rings (SSSR count). The molecule has 1 N–H and O–H groups in total. The van der Waals surface area contributed by atoms with Gasteiger partial charge >= 0.3 is 0 Å². The highest BCUT2D eigenvalue weighted by Crippen LogP contribution is 2.39. The van der Waals surface area contributed by atoms with Gasteiger partial charge in [-0.05, 0) is 33.8 Å². The average molecular weight is 258 g/mol. The van der Waals surface area contributed by atoms with Crippen LogP contribution in [0.5, 0.6) is 5.75 Å². The SMILES string of the molecule is CC(C)(C#N)CNC1CC(C)(C)Oc2ccccc21. The molecule has 0 saturated carbocycles. The Bertz CT molecular complexity index is 500. The summed E-state index contributed by atoms with van der Waals surface area (Å²) in [6.07, 6.45) is 0.908. The number of fused-ring (bicyclic) bond motifs is 1. The number of rotatable bonds is 3. The molecule has 19 heavy (non-hydrogen) atoms. The molecule has 102 valence electrons. The lowest BCUT2D eigenvalue weighted by Crippen LogP contribution is -2.41. The minimum absolute atomic E-state index is 0.178. The van der Waals surface area contributed by atoms with Crippen LogP contribution in [0.3, 0.4) is 0 Å². The molecule has 3 nitrogen and oxygen atoms in total. The molecular weight excluding hydrogens is 236 g/mol. The van der Waals surface area contributed by atoms with Crippen molar-refractivity contribution in [3.8, 4) is 11.8 Å². The van der Waals surface area contributed by atoms with Crippen molar-refractivity contribution in [1.29, 1.82) is 5.26 Å². The Balaban J connectivity index is 2.19. The monoisotopic (exact) mass is 258 g/mol. The zero-order valence-electron chi connectivity index (χ0n) is 12.2. The molecule has 1 aromatic carbocycles. The van der Waals surface area contributed by atoms with Gasteiger partial charge in [-0.15, -0.1) is 0 Å². The Kier molecular flexibility index (Phi) is 3.56. The van der Waals surface area contributed by atoms with E-state index in [2.05, 4.69) is 31.3 Å². The summed E-state index contributed by atoms with van der Waals surface area (Å²) in [7, 11) is 0. The number of nitrogens with zero attached hydrogens (tertiary/aromatic N) is 1. The van der Waals surface area contributed by atoms with Gasteiger partial charge in [0.2, 0.25) is 0 Å². The first-order valence-corrected chi connectivity index (χ1v) is 6.76. The Morgan fingerprint density at radius 3 is 2.79 bits per heavy atom. The van der Waals surface area contributed by atoms with Crippen LogP contribution in [0.15, 0.2) is 24.3 Å². The normalized spacial score (nSPS) is 21.1. The molecule has 0 aromatic heterocycles. The maximum atomic E-state index is 9.11. The van der Waals surface area contributed by atoms with Crippen molar-refractivity contribution in [3.63, 3.8) is 0 Å². The summed E-state index contributed by atoms with van der Waals surface area (Å²) in [6, 6.07) is 10.7. The molecule has 0 amide bonds. The lowest BCUT2D eigenvalue weighted by molar-refractivity contribution is 0.0648. The van der Waals surface area contributed by atoms with Crippen LogP contribution in [0.25, 0.3) is 0 Å². The van der Waals surface area contributed by atoms with E-state index in [1.54, 1.807) is 0 Å². The van der Waals surface area contributed by atoms with E-state index >= 15 is 0 Å². The summed E-state index contributed by atoms with van der Waals surface area (Å²) in [5.41, 5.74) is 0.663. The van der Waals surface area contributed by atoms with E-state index in [1.165, 1.54) is 5.56 Å². The van der Waals surface area contributed by atoms with Crippen molar-refractivity contribution in [2.45, 2.75) is 45.8 Å². The fraction of sp³-hybridized carbons (Fsp3) is 0.562. The van der Waals surface area contributed by atoms with E-state index in [0.717, 1.165) is 12.2 Å². The van der Waals surface area contributed by atoms with Crippen LogP contribution in [0.2, 0.25) is 0 Å². The molecule has 0 saturated heterocycles. The van der Waals surface area contributed by atoms with Crippen LogP contribution >= 0.6 is 0 Å². The molecule has 0 aliphatic carbocycles. The molecule has 1 aromatic rings. The second kappa shape index (κ2) is 4.86. The van der Waals surface area contributed by atoms with E-state index in [0.29, 0.717) is 6.54 Å². The average Bonchev–Trinajstić information content (AvgIpc) is 2.35. The fourth-order valence-electron chi connectivity index (χ4n) is 2.40. The quantitative estimate of drug-likeness (QED) is 0.903. The summed E-state index contributed by atoms with van der Waals surface area (Å²) in [5, 5.41) is 12.6. The standard InChI is InChI=1S/C16H22N2O/c1-15(2,10-17)11-18-13-9-16(3,4)19-14-8-6-5-7-12(13)14/h5-8,13,18H,9,11H2,1-4H3. The number of nitriles is 1. The largest absolute Gasteiger partial charge is 0.487 e. The van der Waals surface area contributed by atoms with E-state index in [4.69, 9.17) is 10.00 Å². The molecule has 0 radical (unpaired) electrons. The lowest BCUT2D eigenvalue weighted by atomic mass is 9.88. The first-order chi connectivity index (χ1) is 8.83. The zero-order chi connectivity index (χ0) is 14.1. The van der Waals surface area contributed by atoms with E-state index < -0.39 is 0 Å². The van der Waals surface area contributed by atoms with Gasteiger partial charge in [0.05, 0.1) is 11.5 Å². The third kappa shape index (κ3) is 3.27. The number of benzene rings is 1. The Hall–Kier alpha value is -1.53. The number of ether oxygens (including phenoxy) is 1. The summed E-state index contributed by atoms with van der Waals surface area (Å²) in [5.74, 6) is 0.950. The van der Waals surface area contributed by atoms with Crippen LogP contribution < -0.4 is 10.1 Å². The molecule has 1 unspecified atom stereocenters. The van der Waals surface area contributed by atoms with E-state index in [1.807, 2.05) is 32.0 Å². The number of hydrogen-bond donors (Lipinski definition) is 1. The van der Waals surface area contributed by atoms with Crippen LogP contribution in [0, 0.1) is 16.7 Å². The third-order valence-electron chi connectivity index (χ3n) is 3.47. The second-order valence-electron chi connectivity index (χ2n) is 6.53. The molecule has 3 heteroatoms. The first-order valence-electron chi connectivity index (χ1n) is 6.76. The zero-order valence-corrected chi connectivity index (χ0v) is 12.2. The second-order valence-corrected chi connectivity index (χ2v) is 6.53. The Morgan fingerprint density at radius 2 is 2.11 bits per heavy atom. The highest BCUT2D eigenvalue weighted by Gasteiger charge is 2.34. The first kappa shape index (κ1) is 13.9. The van der Waals surface area contributed by atoms with Crippen LogP contribution in [0.1, 0.15) is 45.7 Å². The predicted molar refractivity (Wildman–Crippen MR) is 75.9 cm³/mol. The predicted octanol–water partition coefficient (Wildman–Crippen LogP) is 3.43. The van der Waals surface area contributed by atoms with Gasteiger partial charge in [0.15, 0.2) is 0 Å². The molecule has 1 aliphatic rings. The maximum absolute atomic E-state index is 9.11. The van der Waals surface area contributed by atoms with Gasteiger partial charge < -0.3 is 10.1 Å². The van der Waals surface area contributed by atoms with Crippen molar-refractivity contribution in [2.24, 2.45) is 5.41 Å². The molecule has 0 bridgehead atoms. The molecule has 0 spiro atoms. The van der Waals surface area contributed by atoms with E-state index in [-0.39, 0.29) is 17.1 Å². The molecule has 0 fully saturated rings. The highest BCUT2D eigenvalue weighted by molar-refractivity contribution is 5.38. The van der Waals surface area contributed by atoms with Gasteiger partial charge in [-0.1, -0.05) is 18.2 Å². The summed E-state index contributed by atoms with van der Waals surface area (Å²) < 4.78 is 6.00. The van der Waals surface area contributed by atoms with Gasteiger partial charge in [-0.3, -0.25) is 0 Å². The minimum atomic E-state index is -0.350. The topological polar surface area (TPSA) is 45.0 Å². The summed E-state index contributed by atoms with van der Waals surface area (Å²) >= 11 is 0. The van der Waals surface area contributed by atoms with Gasteiger partial charge in [0.25, 0.3) is 0 Å². The molecule has 1 atom stereocenters.